The number of benzene rings is 10. The Labute approximate surface area is 388 Å². The fourth-order valence-corrected chi connectivity index (χ4v) is 9.82. The van der Waals surface area contributed by atoms with Crippen LogP contribution in [0.25, 0.3) is 33.4 Å². The van der Waals surface area contributed by atoms with Crippen molar-refractivity contribution in [1.82, 2.24) is 0 Å². The number of hydrogen-bond acceptors (Lipinski definition) is 3. The predicted molar refractivity (Wildman–Crippen MR) is 279 cm³/mol. The van der Waals surface area contributed by atoms with Gasteiger partial charge in [-0.1, -0.05) is 184 Å². The maximum Gasteiger partial charge on any atom is 0.0503 e. The number of rotatable bonds is 11. The Morgan fingerprint density at radius 2 is 0.606 bits per heavy atom. The van der Waals surface area contributed by atoms with Gasteiger partial charge in [-0.05, 0) is 136 Å². The highest BCUT2D eigenvalue weighted by Crippen LogP contribution is 2.54. The third kappa shape index (κ3) is 7.51. The van der Waals surface area contributed by atoms with Gasteiger partial charge in [-0.3, -0.25) is 0 Å². The molecule has 0 bridgehead atoms. The number of para-hydroxylation sites is 5. The minimum absolute atomic E-state index is 0.245. The van der Waals surface area contributed by atoms with E-state index in [1.807, 2.05) is 0 Å². The smallest absolute Gasteiger partial charge is 0.0503 e. The van der Waals surface area contributed by atoms with Crippen molar-refractivity contribution in [3.05, 3.63) is 272 Å². The second-order valence-electron chi connectivity index (χ2n) is 17.4. The van der Waals surface area contributed by atoms with E-state index in [9.17, 15) is 0 Å². The Balaban J connectivity index is 1.11. The fourth-order valence-electron chi connectivity index (χ4n) is 9.82. The normalized spacial score (nSPS) is 12.2. The van der Waals surface area contributed by atoms with Crippen molar-refractivity contribution in [2.75, 3.05) is 14.7 Å². The van der Waals surface area contributed by atoms with E-state index in [1.165, 1.54) is 44.5 Å². The van der Waals surface area contributed by atoms with Gasteiger partial charge in [0.05, 0.1) is 17.1 Å². The van der Waals surface area contributed by atoms with Crippen LogP contribution < -0.4 is 14.7 Å². The molecule has 10 aromatic carbocycles. The number of anilines is 9. The van der Waals surface area contributed by atoms with Crippen molar-refractivity contribution in [1.29, 1.82) is 0 Å². The molecule has 0 aromatic heterocycles. The third-order valence-corrected chi connectivity index (χ3v) is 13.0. The SMILES string of the molecule is CC1(C)c2cc(N(c3ccccc3)c3cc(N(c4ccccc4)c4ccccc4)cc(N(c4ccccc4)c4ccccc4)c3)ccc2-c2c(-c3ccc(-c4ccccc4)cc3)cccc21. The van der Waals surface area contributed by atoms with E-state index in [1.54, 1.807) is 0 Å². The molecule has 1 aliphatic rings. The first-order valence-corrected chi connectivity index (χ1v) is 22.8. The van der Waals surface area contributed by atoms with E-state index in [0.29, 0.717) is 0 Å². The Hall–Kier alpha value is -8.40. The van der Waals surface area contributed by atoms with Crippen LogP contribution in [0.4, 0.5) is 51.2 Å². The van der Waals surface area contributed by atoms with Gasteiger partial charge in [0.15, 0.2) is 0 Å². The molecule has 316 valence electrons. The maximum absolute atomic E-state index is 2.44. The van der Waals surface area contributed by atoms with E-state index >= 15 is 0 Å². The zero-order valence-corrected chi connectivity index (χ0v) is 37.2. The minimum atomic E-state index is -0.245. The van der Waals surface area contributed by atoms with Crippen LogP contribution in [0.3, 0.4) is 0 Å². The molecule has 0 spiro atoms. The van der Waals surface area contributed by atoms with Crippen molar-refractivity contribution in [3.8, 4) is 33.4 Å². The van der Waals surface area contributed by atoms with Crippen molar-refractivity contribution in [3.63, 3.8) is 0 Å². The second kappa shape index (κ2) is 17.3. The van der Waals surface area contributed by atoms with Gasteiger partial charge in [0, 0.05) is 39.5 Å². The van der Waals surface area contributed by atoms with Crippen LogP contribution in [0.1, 0.15) is 25.0 Å². The molecular formula is C63H49N3. The molecule has 0 atom stereocenters. The van der Waals surface area contributed by atoms with Crippen molar-refractivity contribution in [2.45, 2.75) is 19.3 Å². The Bertz CT molecular complexity index is 3060. The van der Waals surface area contributed by atoms with Gasteiger partial charge in [-0.25, -0.2) is 0 Å². The molecule has 0 fully saturated rings. The first-order chi connectivity index (χ1) is 32.5. The van der Waals surface area contributed by atoms with E-state index in [-0.39, 0.29) is 5.41 Å². The van der Waals surface area contributed by atoms with Crippen LogP contribution >= 0.6 is 0 Å². The van der Waals surface area contributed by atoms with Crippen LogP contribution in [0, 0.1) is 0 Å². The molecule has 11 rings (SSSR count). The molecule has 3 heteroatoms. The molecule has 0 radical (unpaired) electrons. The van der Waals surface area contributed by atoms with E-state index < -0.39 is 0 Å². The van der Waals surface area contributed by atoms with Gasteiger partial charge in [0.1, 0.15) is 0 Å². The molecule has 0 aliphatic heterocycles. The van der Waals surface area contributed by atoms with E-state index in [2.05, 4.69) is 289 Å². The Morgan fingerprint density at radius 3 is 1.03 bits per heavy atom. The topological polar surface area (TPSA) is 9.72 Å². The molecule has 0 saturated heterocycles. The first-order valence-electron chi connectivity index (χ1n) is 22.8. The lowest BCUT2D eigenvalue weighted by Gasteiger charge is -2.33. The highest BCUT2D eigenvalue weighted by atomic mass is 15.2. The maximum atomic E-state index is 2.44. The second-order valence-corrected chi connectivity index (χ2v) is 17.4. The van der Waals surface area contributed by atoms with Crippen LogP contribution in [0.2, 0.25) is 0 Å². The van der Waals surface area contributed by atoms with Gasteiger partial charge >= 0.3 is 0 Å². The zero-order chi connectivity index (χ0) is 44.5. The quantitative estimate of drug-likeness (QED) is 0.128. The number of hydrogen-bond donors (Lipinski definition) is 0. The van der Waals surface area contributed by atoms with Crippen LogP contribution in [-0.2, 0) is 5.41 Å². The highest BCUT2D eigenvalue weighted by Gasteiger charge is 2.37. The Morgan fingerprint density at radius 1 is 0.242 bits per heavy atom. The lowest BCUT2D eigenvalue weighted by atomic mass is 9.81. The van der Waals surface area contributed by atoms with Crippen LogP contribution in [-0.4, -0.2) is 0 Å². The summed E-state index contributed by atoms with van der Waals surface area (Å²) in [5.41, 5.74) is 19.5. The molecule has 0 heterocycles. The molecule has 0 N–H and O–H groups in total. The molecular weight excluding hydrogens is 799 g/mol. The molecule has 10 aromatic rings. The summed E-state index contributed by atoms with van der Waals surface area (Å²) in [5.74, 6) is 0. The average molecular weight is 848 g/mol. The van der Waals surface area contributed by atoms with Crippen LogP contribution in [0.15, 0.2) is 261 Å². The minimum Gasteiger partial charge on any atom is -0.310 e. The largest absolute Gasteiger partial charge is 0.310 e. The van der Waals surface area contributed by atoms with Gasteiger partial charge in [0.2, 0.25) is 0 Å². The average Bonchev–Trinajstić information content (AvgIpc) is 3.61. The lowest BCUT2D eigenvalue weighted by Crippen LogP contribution is -2.18. The fraction of sp³-hybridized carbons (Fsp3) is 0.0476. The third-order valence-electron chi connectivity index (χ3n) is 13.0. The summed E-state index contributed by atoms with van der Waals surface area (Å²) in [4.78, 5) is 7.15. The summed E-state index contributed by atoms with van der Waals surface area (Å²) in [5, 5.41) is 0. The summed E-state index contributed by atoms with van der Waals surface area (Å²) in [6.45, 7) is 4.76. The summed E-state index contributed by atoms with van der Waals surface area (Å²) < 4.78 is 0. The molecule has 3 nitrogen and oxygen atoms in total. The summed E-state index contributed by atoms with van der Waals surface area (Å²) in [6.07, 6.45) is 0. The molecule has 66 heavy (non-hydrogen) atoms. The van der Waals surface area contributed by atoms with Gasteiger partial charge in [-0.2, -0.15) is 0 Å². The summed E-state index contributed by atoms with van der Waals surface area (Å²) in [6, 6.07) is 94.2. The Kier molecular flexibility index (Phi) is 10.6. The van der Waals surface area contributed by atoms with Gasteiger partial charge in [0.25, 0.3) is 0 Å². The highest BCUT2D eigenvalue weighted by molar-refractivity contribution is 5.95. The van der Waals surface area contributed by atoms with E-state index in [4.69, 9.17) is 0 Å². The van der Waals surface area contributed by atoms with Crippen molar-refractivity contribution < 1.29 is 0 Å². The standard InChI is InChI=1S/C63H49N3/c1-63(2)60-35-21-34-58(48-38-36-47(37-39-48)46-22-9-3-10-23-46)62(60)59-41-40-54(45-61(59)63)66(53-32-19-8-20-33-53)57-43-55(64(49-24-11-4-12-25-49)50-26-13-5-14-27-50)42-56(44-57)65(51-28-15-6-16-29-51)52-30-17-7-18-31-52/h3-45H,1-2H3. The van der Waals surface area contributed by atoms with E-state index in [0.717, 1.165) is 51.2 Å². The summed E-state index contributed by atoms with van der Waals surface area (Å²) >= 11 is 0. The number of nitrogens with zero attached hydrogens (tertiary/aromatic N) is 3. The van der Waals surface area contributed by atoms with Crippen molar-refractivity contribution in [2.24, 2.45) is 0 Å². The zero-order valence-electron chi connectivity index (χ0n) is 37.2. The molecule has 1 aliphatic carbocycles. The van der Waals surface area contributed by atoms with Crippen molar-refractivity contribution >= 4 is 51.2 Å². The molecule has 0 saturated carbocycles. The summed E-state index contributed by atoms with van der Waals surface area (Å²) in [7, 11) is 0. The molecule has 0 unspecified atom stereocenters. The molecule has 0 amide bonds. The predicted octanol–water partition coefficient (Wildman–Crippen LogP) is 17.7. The van der Waals surface area contributed by atoms with Crippen LogP contribution in [0.5, 0.6) is 0 Å². The van der Waals surface area contributed by atoms with Gasteiger partial charge < -0.3 is 14.7 Å². The lowest BCUT2D eigenvalue weighted by molar-refractivity contribution is 0.660. The number of fused-ring (bicyclic) bond motifs is 3. The first kappa shape index (κ1) is 40.4. The van der Waals surface area contributed by atoms with Gasteiger partial charge in [-0.15, -0.1) is 0 Å². The monoisotopic (exact) mass is 847 g/mol.